The Kier molecular flexibility index (Phi) is 14.6. The predicted molar refractivity (Wildman–Crippen MR) is 250 cm³/mol. The van der Waals surface area contributed by atoms with Crippen LogP contribution in [0.25, 0.3) is 44.2 Å². The molecule has 5 aromatic rings. The summed E-state index contributed by atoms with van der Waals surface area (Å²) >= 11 is 0. The van der Waals surface area contributed by atoms with Gasteiger partial charge in [-0.05, 0) is 91.3 Å². The summed E-state index contributed by atoms with van der Waals surface area (Å²) in [5.41, 5.74) is 6.33. The number of rotatable bonds is 12. The van der Waals surface area contributed by atoms with Gasteiger partial charge in [0.25, 0.3) is 0 Å². The van der Waals surface area contributed by atoms with E-state index in [0.29, 0.717) is 44.2 Å². The van der Waals surface area contributed by atoms with E-state index in [4.69, 9.17) is 28.9 Å². The van der Waals surface area contributed by atoms with E-state index >= 15 is 0 Å². The summed E-state index contributed by atoms with van der Waals surface area (Å²) < 4.78 is 22.2. The number of alkyl carbamates (subject to hydrolysis) is 1. The van der Waals surface area contributed by atoms with Crippen LogP contribution in [-0.4, -0.2) is 118 Å². The Morgan fingerprint density at radius 3 is 2.33 bits per heavy atom. The zero-order valence-electron chi connectivity index (χ0n) is 39.6. The number of nitrogens with one attached hydrogen (secondary N) is 4. The van der Waals surface area contributed by atoms with Crippen molar-refractivity contribution in [1.29, 1.82) is 0 Å². The molecule has 0 saturated carbocycles. The van der Waals surface area contributed by atoms with Gasteiger partial charge in [0.05, 0.1) is 54.8 Å². The van der Waals surface area contributed by atoms with Gasteiger partial charge in [-0.2, -0.15) is 0 Å². The maximum atomic E-state index is 14.0. The van der Waals surface area contributed by atoms with Gasteiger partial charge in [-0.1, -0.05) is 52.8 Å². The number of methoxy groups -OCH3 is 3. The number of carbonyl (C=O) groups excluding carboxylic acids is 3. The van der Waals surface area contributed by atoms with E-state index in [9.17, 15) is 24.3 Å². The van der Waals surface area contributed by atoms with Crippen molar-refractivity contribution in [3.63, 3.8) is 0 Å². The fourth-order valence-electron chi connectivity index (χ4n) is 9.38. The van der Waals surface area contributed by atoms with Crippen LogP contribution in [0.1, 0.15) is 97.0 Å². The van der Waals surface area contributed by atoms with E-state index in [1.807, 2.05) is 39.0 Å². The Morgan fingerprint density at radius 1 is 0.894 bits per heavy atom. The number of nitrogens with zero attached hydrogens (tertiary/aromatic N) is 4. The minimum absolute atomic E-state index is 0.0619. The van der Waals surface area contributed by atoms with Crippen molar-refractivity contribution in [2.24, 2.45) is 17.8 Å². The summed E-state index contributed by atoms with van der Waals surface area (Å²) in [5, 5.41) is 16.4. The molecule has 354 valence electrons. The third-order valence-electron chi connectivity index (χ3n) is 12.7. The summed E-state index contributed by atoms with van der Waals surface area (Å²) in [4.78, 5) is 71.9. The van der Waals surface area contributed by atoms with E-state index in [2.05, 4.69) is 65.6 Å². The van der Waals surface area contributed by atoms with Gasteiger partial charge < -0.3 is 54.5 Å². The largest absolute Gasteiger partial charge is 0.488 e. The highest BCUT2D eigenvalue weighted by Gasteiger charge is 2.43. The first-order chi connectivity index (χ1) is 31.5. The zero-order valence-corrected chi connectivity index (χ0v) is 39.6. The van der Waals surface area contributed by atoms with Crippen molar-refractivity contribution >= 4 is 45.8 Å². The molecule has 66 heavy (non-hydrogen) atoms. The number of likely N-dealkylation sites (tertiary alicyclic amines) is 2. The molecule has 5 N–H and O–H groups in total. The predicted octanol–water partition coefficient (Wildman–Crippen LogP) is 7.97. The molecule has 17 nitrogen and oxygen atoms in total. The standard InChI is InChI=1S/C45H54N8O9.C4H10/c1-22(2)37(50-44(56)57)43(55)53-23(3)8-13-34(53)41-47-32-12-10-26-16-31-29-11-9-27(15-28(29)21-62-36(31)17-30(26)39(32)49-41)33-18-46-40(48-33)35-14-25(20-59-5)19-52(35)42(54)38(24(4)60-6)51-45(58)61-7;1-4(2)3/h9-12,15-18,22-25,34-35,37-38,50H,8,13-14,19-21H2,1-7H3,(H,46,48)(H,47,49)(H,51,58)(H,56,57);4H,1-3H3/t23-,24-,25-,34-,35-,37-,38-;/m0./s1. The summed E-state index contributed by atoms with van der Waals surface area (Å²) in [6.45, 7) is 15.1. The minimum Gasteiger partial charge on any atom is -0.488 e. The normalized spacial score (nSPS) is 20.3. The molecule has 17 heteroatoms. The fraction of sp³-hybridized carbons (Fsp3) is 0.510. The van der Waals surface area contributed by atoms with Gasteiger partial charge in [0, 0.05) is 43.7 Å². The van der Waals surface area contributed by atoms with Gasteiger partial charge in [0.15, 0.2) is 0 Å². The lowest BCUT2D eigenvalue weighted by atomic mass is 9.92. The molecule has 2 fully saturated rings. The molecule has 3 aliphatic heterocycles. The first-order valence-corrected chi connectivity index (χ1v) is 22.8. The third-order valence-corrected chi connectivity index (χ3v) is 12.7. The first-order valence-electron chi connectivity index (χ1n) is 22.8. The third kappa shape index (κ3) is 9.82. The van der Waals surface area contributed by atoms with Gasteiger partial charge in [-0.15, -0.1) is 0 Å². The van der Waals surface area contributed by atoms with Crippen LogP contribution >= 0.6 is 0 Å². The van der Waals surface area contributed by atoms with Crippen LogP contribution in [0.2, 0.25) is 0 Å². The van der Waals surface area contributed by atoms with Crippen molar-refractivity contribution in [2.75, 3.05) is 34.5 Å². The molecule has 0 aliphatic carbocycles. The Hall–Kier alpha value is -6.20. The molecule has 8 rings (SSSR count). The van der Waals surface area contributed by atoms with Crippen molar-refractivity contribution < 1.29 is 43.2 Å². The lowest BCUT2D eigenvalue weighted by Gasteiger charge is -2.32. The van der Waals surface area contributed by atoms with Crippen LogP contribution in [0.15, 0.2) is 48.7 Å². The fourth-order valence-corrected chi connectivity index (χ4v) is 9.38. The highest BCUT2D eigenvalue weighted by molar-refractivity contribution is 6.07. The second-order valence-corrected chi connectivity index (χ2v) is 18.7. The number of carboxylic acid groups (broad SMARTS) is 1. The maximum Gasteiger partial charge on any atom is 0.407 e. The molecule has 0 spiro atoms. The van der Waals surface area contributed by atoms with Crippen LogP contribution in [-0.2, 0) is 30.4 Å². The van der Waals surface area contributed by atoms with Gasteiger partial charge in [-0.3, -0.25) is 9.59 Å². The number of imidazole rings is 2. The van der Waals surface area contributed by atoms with Crippen molar-refractivity contribution in [1.82, 2.24) is 40.4 Å². The van der Waals surface area contributed by atoms with Crippen molar-refractivity contribution in [2.45, 2.75) is 111 Å². The van der Waals surface area contributed by atoms with Gasteiger partial charge in [0.2, 0.25) is 11.8 Å². The van der Waals surface area contributed by atoms with Crippen molar-refractivity contribution in [3.05, 3.63) is 65.9 Å². The lowest BCUT2D eigenvalue weighted by Crippen LogP contribution is -2.54. The number of aromatic nitrogens is 4. The first kappa shape index (κ1) is 47.8. The van der Waals surface area contributed by atoms with Crippen LogP contribution in [0.5, 0.6) is 5.75 Å². The molecule has 2 saturated heterocycles. The molecule has 3 aliphatic rings. The number of hydrogen-bond donors (Lipinski definition) is 5. The number of benzene rings is 3. The number of aromatic amines is 2. The smallest absolute Gasteiger partial charge is 0.407 e. The maximum absolute atomic E-state index is 14.0. The van der Waals surface area contributed by atoms with E-state index in [1.54, 1.807) is 30.0 Å². The average molecular weight is 909 g/mol. The number of hydrogen-bond acceptors (Lipinski definition) is 10. The number of carbonyl (C=O) groups is 4. The molecule has 2 aromatic heterocycles. The molecule has 7 atom stereocenters. The second kappa shape index (κ2) is 20.1. The Balaban J connectivity index is 0.00000156. The van der Waals surface area contributed by atoms with Crippen LogP contribution in [0.3, 0.4) is 0 Å². The lowest BCUT2D eigenvalue weighted by molar-refractivity contribution is -0.138. The van der Waals surface area contributed by atoms with Gasteiger partial charge >= 0.3 is 12.2 Å². The molecule has 4 amide bonds. The van der Waals surface area contributed by atoms with Gasteiger partial charge in [-0.25, -0.2) is 19.6 Å². The molecule has 0 bridgehead atoms. The van der Waals surface area contributed by atoms with Crippen LogP contribution in [0.4, 0.5) is 9.59 Å². The van der Waals surface area contributed by atoms with E-state index in [0.717, 1.165) is 67.8 Å². The van der Waals surface area contributed by atoms with E-state index < -0.39 is 30.4 Å². The molecule has 3 aromatic carbocycles. The quantitative estimate of drug-likeness (QED) is 0.0810. The molecule has 5 heterocycles. The number of ether oxygens (including phenoxy) is 4. The SMILES string of the molecule is CC(C)C.COC[C@H]1C[C@@H](c2ncc(-c3ccc4c(c3)COc3cc5c(ccc6[nH]c([C@@H]7CC[C@H](C)N7C(=O)[C@@H](NC(=O)O)C(C)C)nc65)cc3-4)[nH]2)N(C(=O)[C@@H](NC(=O)OC)[C@H](C)OC)C1. The average Bonchev–Trinajstić information content (AvgIpc) is 4.11. The zero-order chi connectivity index (χ0) is 47.6. The molecule has 0 radical (unpaired) electrons. The monoisotopic (exact) mass is 908 g/mol. The number of H-pyrrole nitrogens is 2. The van der Waals surface area contributed by atoms with Gasteiger partial charge in [0.1, 0.15) is 36.1 Å². The molecular weight excluding hydrogens is 845 g/mol. The van der Waals surface area contributed by atoms with Crippen LogP contribution in [0, 0.1) is 17.8 Å². The Bertz CT molecular complexity index is 2570. The van der Waals surface area contributed by atoms with E-state index in [-0.39, 0.29) is 41.8 Å². The summed E-state index contributed by atoms with van der Waals surface area (Å²) in [5.74, 6) is 2.16. The van der Waals surface area contributed by atoms with Crippen molar-refractivity contribution in [3.8, 4) is 28.1 Å². The summed E-state index contributed by atoms with van der Waals surface area (Å²) in [6.07, 6.45) is 1.32. The highest BCUT2D eigenvalue weighted by atomic mass is 16.5. The molecular formula is C49H64N8O9. The number of fused-ring (bicyclic) bond motifs is 6. The van der Waals surface area contributed by atoms with Crippen LogP contribution < -0.4 is 15.4 Å². The highest BCUT2D eigenvalue weighted by Crippen LogP contribution is 2.44. The van der Waals surface area contributed by atoms with E-state index in [1.165, 1.54) is 14.2 Å². The minimum atomic E-state index is -1.23. The summed E-state index contributed by atoms with van der Waals surface area (Å²) in [6, 6.07) is 11.8. The Labute approximate surface area is 385 Å². The molecule has 0 unspecified atom stereocenters. The topological polar surface area (TPSA) is 213 Å². The second-order valence-electron chi connectivity index (χ2n) is 18.7. The Morgan fingerprint density at radius 2 is 1.65 bits per heavy atom. The number of amides is 4. The summed E-state index contributed by atoms with van der Waals surface area (Å²) in [7, 11) is 4.38.